The van der Waals surface area contributed by atoms with Crippen molar-refractivity contribution in [3.8, 4) is 5.75 Å². The summed E-state index contributed by atoms with van der Waals surface area (Å²) in [5, 5.41) is 2.97. The van der Waals surface area contributed by atoms with Crippen LogP contribution in [0.4, 0.5) is 10.1 Å². The third-order valence-electron chi connectivity index (χ3n) is 2.71. The smallest absolute Gasteiger partial charge is 0.193 e. The molecule has 0 heterocycles. The van der Waals surface area contributed by atoms with Crippen LogP contribution in [0.1, 0.15) is 5.56 Å². The summed E-state index contributed by atoms with van der Waals surface area (Å²) in [6.07, 6.45) is 0. The van der Waals surface area contributed by atoms with E-state index in [2.05, 4.69) is 10.3 Å². The normalized spacial score (nSPS) is 10.7. The Balaban J connectivity index is 0.00000220. The van der Waals surface area contributed by atoms with Crippen LogP contribution in [0.15, 0.2) is 53.5 Å². The molecule has 0 aliphatic heterocycles. The summed E-state index contributed by atoms with van der Waals surface area (Å²) in [6, 6.07) is 13.5. The Hall–Kier alpha value is -1.83. The van der Waals surface area contributed by atoms with Gasteiger partial charge in [-0.05, 0) is 42.0 Å². The molecule has 0 amide bonds. The fourth-order valence-electron chi connectivity index (χ4n) is 1.63. The first-order chi connectivity index (χ1) is 9.67. The minimum atomic E-state index is -0.262. The molecule has 0 fully saturated rings. The van der Waals surface area contributed by atoms with Gasteiger partial charge >= 0.3 is 0 Å². The number of rotatable bonds is 4. The maximum Gasteiger partial charge on any atom is 0.193 e. The Morgan fingerprint density at radius 2 is 1.76 bits per heavy atom. The van der Waals surface area contributed by atoms with Gasteiger partial charge in [-0.3, -0.25) is 0 Å². The lowest BCUT2D eigenvalue weighted by atomic mass is 10.2. The van der Waals surface area contributed by atoms with Gasteiger partial charge in [0.2, 0.25) is 0 Å². The third-order valence-corrected chi connectivity index (χ3v) is 2.71. The molecule has 0 saturated carbocycles. The van der Waals surface area contributed by atoms with Crippen LogP contribution < -0.4 is 15.8 Å². The van der Waals surface area contributed by atoms with Gasteiger partial charge in [-0.25, -0.2) is 9.38 Å². The Kier molecular flexibility index (Phi) is 6.93. The second kappa shape index (κ2) is 8.46. The van der Waals surface area contributed by atoms with Crippen LogP contribution in [0.2, 0.25) is 0 Å². The molecule has 0 spiro atoms. The number of nitrogens with zero attached hydrogens (tertiary/aromatic N) is 1. The number of aliphatic imine (C=N–C) groups is 1. The van der Waals surface area contributed by atoms with Gasteiger partial charge in [0.1, 0.15) is 11.6 Å². The van der Waals surface area contributed by atoms with E-state index in [1.165, 1.54) is 12.1 Å². The zero-order valence-electron chi connectivity index (χ0n) is 11.5. The van der Waals surface area contributed by atoms with E-state index in [4.69, 9.17) is 10.5 Å². The van der Waals surface area contributed by atoms with Crippen LogP contribution in [0.25, 0.3) is 0 Å². The zero-order chi connectivity index (χ0) is 14.4. The van der Waals surface area contributed by atoms with E-state index >= 15 is 0 Å². The van der Waals surface area contributed by atoms with Gasteiger partial charge in [0, 0.05) is 5.69 Å². The minimum absolute atomic E-state index is 0. The molecule has 2 aromatic rings. The lowest BCUT2D eigenvalue weighted by Crippen LogP contribution is -2.22. The van der Waals surface area contributed by atoms with Crippen LogP contribution in [-0.2, 0) is 6.54 Å². The van der Waals surface area contributed by atoms with Gasteiger partial charge in [-0.15, -0.1) is 24.0 Å². The van der Waals surface area contributed by atoms with Crippen LogP contribution in [-0.4, -0.2) is 13.1 Å². The van der Waals surface area contributed by atoms with Crippen molar-refractivity contribution < 1.29 is 9.13 Å². The number of hydrogen-bond acceptors (Lipinski definition) is 2. The molecule has 0 saturated heterocycles. The van der Waals surface area contributed by atoms with Gasteiger partial charge < -0.3 is 15.8 Å². The molecule has 2 rings (SSSR count). The molecule has 21 heavy (non-hydrogen) atoms. The number of methoxy groups -OCH3 is 1. The van der Waals surface area contributed by atoms with E-state index in [1.54, 1.807) is 19.2 Å². The topological polar surface area (TPSA) is 59.6 Å². The van der Waals surface area contributed by atoms with E-state index in [1.807, 2.05) is 24.3 Å². The Morgan fingerprint density at radius 1 is 1.14 bits per heavy atom. The number of hydrogen-bond donors (Lipinski definition) is 2. The highest BCUT2D eigenvalue weighted by molar-refractivity contribution is 14.0. The second-order valence-electron chi connectivity index (χ2n) is 4.18. The summed E-state index contributed by atoms with van der Waals surface area (Å²) >= 11 is 0. The first-order valence-corrected chi connectivity index (χ1v) is 6.13. The fourth-order valence-corrected chi connectivity index (χ4v) is 1.63. The minimum Gasteiger partial charge on any atom is -0.497 e. The molecule has 6 heteroatoms. The summed E-state index contributed by atoms with van der Waals surface area (Å²) in [5.74, 6) is 0.818. The molecule has 112 valence electrons. The third kappa shape index (κ3) is 5.58. The predicted molar refractivity (Wildman–Crippen MR) is 93.8 cm³/mol. The number of halogens is 2. The van der Waals surface area contributed by atoms with E-state index in [0.717, 1.165) is 17.0 Å². The molecule has 3 N–H and O–H groups in total. The number of benzene rings is 2. The number of anilines is 1. The molecular formula is C15H17FIN3O. The van der Waals surface area contributed by atoms with E-state index in [9.17, 15) is 4.39 Å². The highest BCUT2D eigenvalue weighted by Crippen LogP contribution is 2.14. The van der Waals surface area contributed by atoms with Crippen molar-refractivity contribution in [2.75, 3.05) is 12.4 Å². The zero-order valence-corrected chi connectivity index (χ0v) is 13.9. The summed E-state index contributed by atoms with van der Waals surface area (Å²) in [4.78, 5) is 4.19. The van der Waals surface area contributed by atoms with Gasteiger partial charge in [-0.2, -0.15) is 0 Å². The monoisotopic (exact) mass is 401 g/mol. The Labute approximate surface area is 140 Å². The lowest BCUT2D eigenvalue weighted by Gasteiger charge is -2.06. The van der Waals surface area contributed by atoms with Crippen molar-refractivity contribution >= 4 is 35.6 Å². The molecule has 2 aromatic carbocycles. The quantitative estimate of drug-likeness (QED) is 0.469. The molecule has 4 nitrogen and oxygen atoms in total. The van der Waals surface area contributed by atoms with Crippen molar-refractivity contribution in [1.82, 2.24) is 0 Å². The number of guanidine groups is 1. The SMILES string of the molecule is COc1ccc(NC(N)=NCc2ccc(F)cc2)cc1.I. The second-order valence-corrected chi connectivity index (χ2v) is 4.18. The lowest BCUT2D eigenvalue weighted by molar-refractivity contribution is 0.415. The first-order valence-electron chi connectivity index (χ1n) is 6.13. The summed E-state index contributed by atoms with van der Waals surface area (Å²) < 4.78 is 17.8. The van der Waals surface area contributed by atoms with Crippen molar-refractivity contribution in [1.29, 1.82) is 0 Å². The summed E-state index contributed by atoms with van der Waals surface area (Å²) in [6.45, 7) is 0.398. The van der Waals surface area contributed by atoms with Gasteiger partial charge in [0.25, 0.3) is 0 Å². The maximum absolute atomic E-state index is 12.8. The van der Waals surface area contributed by atoms with Crippen molar-refractivity contribution in [2.45, 2.75) is 6.54 Å². The average Bonchev–Trinajstić information content (AvgIpc) is 2.47. The summed E-state index contributed by atoms with van der Waals surface area (Å²) in [7, 11) is 1.61. The molecule has 0 aliphatic rings. The largest absolute Gasteiger partial charge is 0.497 e. The number of nitrogens with one attached hydrogen (secondary N) is 1. The molecule has 0 atom stereocenters. The van der Waals surface area contributed by atoms with Crippen LogP contribution >= 0.6 is 24.0 Å². The van der Waals surface area contributed by atoms with E-state index in [-0.39, 0.29) is 29.8 Å². The molecule has 0 bridgehead atoms. The molecular weight excluding hydrogens is 384 g/mol. The van der Waals surface area contributed by atoms with Gasteiger partial charge in [0.15, 0.2) is 5.96 Å². The number of ether oxygens (including phenoxy) is 1. The highest BCUT2D eigenvalue weighted by Gasteiger charge is 1.97. The Morgan fingerprint density at radius 3 is 2.33 bits per heavy atom. The molecule has 0 aliphatic carbocycles. The standard InChI is InChI=1S/C15H16FN3O.HI/c1-20-14-8-6-13(7-9-14)19-15(17)18-10-11-2-4-12(16)5-3-11;/h2-9H,10H2,1H3,(H3,17,18,19);1H. The van der Waals surface area contributed by atoms with Crippen LogP contribution in [0.3, 0.4) is 0 Å². The van der Waals surface area contributed by atoms with Gasteiger partial charge in [0.05, 0.1) is 13.7 Å². The fraction of sp³-hybridized carbons (Fsp3) is 0.133. The maximum atomic E-state index is 12.8. The first kappa shape index (κ1) is 17.2. The van der Waals surface area contributed by atoms with Crippen LogP contribution in [0.5, 0.6) is 5.75 Å². The average molecular weight is 401 g/mol. The van der Waals surface area contributed by atoms with Crippen molar-refractivity contribution in [2.24, 2.45) is 10.7 Å². The van der Waals surface area contributed by atoms with Gasteiger partial charge in [-0.1, -0.05) is 12.1 Å². The molecule has 0 unspecified atom stereocenters. The van der Waals surface area contributed by atoms with Crippen molar-refractivity contribution in [3.63, 3.8) is 0 Å². The van der Waals surface area contributed by atoms with E-state index < -0.39 is 0 Å². The summed E-state index contributed by atoms with van der Waals surface area (Å²) in [5.41, 5.74) is 7.51. The van der Waals surface area contributed by atoms with Crippen LogP contribution in [0, 0.1) is 5.82 Å². The Bertz CT molecular complexity index is 585. The number of nitrogens with two attached hydrogens (primary N) is 1. The molecule has 0 radical (unpaired) electrons. The highest BCUT2D eigenvalue weighted by atomic mass is 127. The molecule has 0 aromatic heterocycles. The predicted octanol–water partition coefficient (Wildman–Crippen LogP) is 3.38. The van der Waals surface area contributed by atoms with E-state index in [0.29, 0.717) is 12.5 Å². The van der Waals surface area contributed by atoms with Crippen molar-refractivity contribution in [3.05, 3.63) is 59.9 Å².